The van der Waals surface area contributed by atoms with Crippen LogP contribution in [-0.4, -0.2) is 13.7 Å². The predicted octanol–water partition coefficient (Wildman–Crippen LogP) is 3.72. The minimum absolute atomic E-state index is 0.496. The van der Waals surface area contributed by atoms with Crippen LogP contribution in [0.5, 0.6) is 5.75 Å². The molecule has 0 N–H and O–H groups in total. The van der Waals surface area contributed by atoms with E-state index in [9.17, 15) is 0 Å². The smallest absolute Gasteiger partial charge is 0.122 e. The minimum atomic E-state index is 0.496. The van der Waals surface area contributed by atoms with Crippen molar-refractivity contribution in [3.63, 3.8) is 0 Å². The molecular weight excluding hydrogens is 202 g/mol. The maximum atomic E-state index is 8.10. The van der Waals surface area contributed by atoms with E-state index in [1.54, 1.807) is 7.11 Å². The Morgan fingerprint density at radius 3 is 3.00 bits per heavy atom. The van der Waals surface area contributed by atoms with Gasteiger partial charge in [-0.3, -0.25) is 0 Å². The summed E-state index contributed by atoms with van der Waals surface area (Å²) in [6.45, 7) is 2.50. The third-order valence-electron chi connectivity index (χ3n) is 2.20. The number of hydrogen-bond acceptors (Lipinski definition) is 2. The molecule has 84 valence electrons. The number of aryl methyl sites for hydroxylation is 1. The van der Waals surface area contributed by atoms with Gasteiger partial charge in [0.2, 0.25) is 0 Å². The van der Waals surface area contributed by atoms with Crippen LogP contribution in [0.15, 0.2) is 29.4 Å². The molecule has 0 unspecified atom stereocenters. The van der Waals surface area contributed by atoms with Crippen molar-refractivity contribution in [2.75, 3.05) is 13.7 Å². The molecule has 4 heteroatoms. The van der Waals surface area contributed by atoms with E-state index in [0.717, 1.165) is 23.3 Å². The number of azide groups is 1. The highest BCUT2D eigenvalue weighted by atomic mass is 16.5. The van der Waals surface area contributed by atoms with E-state index in [0.29, 0.717) is 6.54 Å². The largest absolute Gasteiger partial charge is 0.496 e. The van der Waals surface area contributed by atoms with Crippen molar-refractivity contribution in [3.8, 4) is 5.75 Å². The molecule has 0 amide bonds. The van der Waals surface area contributed by atoms with E-state index in [-0.39, 0.29) is 0 Å². The second-order valence-electron chi connectivity index (χ2n) is 3.37. The molecule has 0 spiro atoms. The van der Waals surface area contributed by atoms with Gasteiger partial charge < -0.3 is 4.74 Å². The fourth-order valence-electron chi connectivity index (χ4n) is 1.34. The number of hydrogen-bond donors (Lipinski definition) is 0. The Labute approximate surface area is 95.2 Å². The van der Waals surface area contributed by atoms with Gasteiger partial charge in [0.15, 0.2) is 0 Å². The summed E-state index contributed by atoms with van der Waals surface area (Å²) >= 11 is 0. The average molecular weight is 217 g/mol. The maximum absolute atomic E-state index is 8.10. The normalized spacial score (nSPS) is 10.1. The molecule has 0 radical (unpaired) electrons. The maximum Gasteiger partial charge on any atom is 0.122 e. The van der Waals surface area contributed by atoms with Gasteiger partial charge in [0.25, 0.3) is 0 Å². The van der Waals surface area contributed by atoms with Gasteiger partial charge in [-0.25, -0.2) is 0 Å². The summed E-state index contributed by atoms with van der Waals surface area (Å²) in [6.07, 6.45) is 4.73. The van der Waals surface area contributed by atoms with Crippen LogP contribution < -0.4 is 4.74 Å². The van der Waals surface area contributed by atoms with Crippen LogP contribution in [0.2, 0.25) is 0 Å². The first-order valence-electron chi connectivity index (χ1n) is 5.10. The van der Waals surface area contributed by atoms with Gasteiger partial charge in [-0.15, -0.1) is 0 Å². The molecule has 4 nitrogen and oxygen atoms in total. The molecule has 0 bridgehead atoms. The summed E-state index contributed by atoms with van der Waals surface area (Å²) in [7, 11) is 1.66. The van der Waals surface area contributed by atoms with Gasteiger partial charge in [-0.1, -0.05) is 29.4 Å². The van der Waals surface area contributed by atoms with Crippen molar-refractivity contribution < 1.29 is 4.74 Å². The van der Waals surface area contributed by atoms with Gasteiger partial charge in [-0.05, 0) is 36.1 Å². The summed E-state index contributed by atoms with van der Waals surface area (Å²) in [5.41, 5.74) is 10.3. The zero-order valence-electron chi connectivity index (χ0n) is 9.55. The summed E-state index contributed by atoms with van der Waals surface area (Å²) in [5, 5.41) is 3.46. The van der Waals surface area contributed by atoms with Crippen molar-refractivity contribution in [2.24, 2.45) is 5.11 Å². The Morgan fingerprint density at radius 1 is 1.50 bits per heavy atom. The van der Waals surface area contributed by atoms with Gasteiger partial charge >= 0.3 is 0 Å². The lowest BCUT2D eigenvalue weighted by molar-refractivity contribution is 0.411. The summed E-state index contributed by atoms with van der Waals surface area (Å²) in [4.78, 5) is 2.69. The van der Waals surface area contributed by atoms with Crippen molar-refractivity contribution in [2.45, 2.75) is 13.3 Å². The number of nitrogens with zero attached hydrogens (tertiary/aromatic N) is 3. The van der Waals surface area contributed by atoms with Crippen molar-refractivity contribution >= 4 is 6.08 Å². The highest BCUT2D eigenvalue weighted by Gasteiger charge is 1.97. The molecule has 1 aromatic carbocycles. The monoisotopic (exact) mass is 217 g/mol. The standard InChI is InChI=1S/C12H15N3O/c1-10-6-7-11(9-12(10)16-2)5-3-4-8-14-15-13/h3,5-7,9H,4,8H2,1-2H3. The van der Waals surface area contributed by atoms with Crippen LogP contribution in [0, 0.1) is 6.92 Å². The third kappa shape index (κ3) is 3.67. The Balaban J connectivity index is 2.63. The first-order valence-corrected chi connectivity index (χ1v) is 5.10. The third-order valence-corrected chi connectivity index (χ3v) is 2.20. The molecule has 1 aromatic rings. The fraction of sp³-hybridized carbons (Fsp3) is 0.333. The van der Waals surface area contributed by atoms with E-state index in [4.69, 9.17) is 10.3 Å². The van der Waals surface area contributed by atoms with Crippen LogP contribution in [0.1, 0.15) is 17.5 Å². The Bertz CT molecular complexity index is 420. The van der Waals surface area contributed by atoms with Crippen LogP contribution in [0.25, 0.3) is 16.5 Å². The van der Waals surface area contributed by atoms with Crippen LogP contribution in [0.4, 0.5) is 0 Å². The second kappa shape index (κ2) is 6.53. The minimum Gasteiger partial charge on any atom is -0.496 e. The average Bonchev–Trinajstić information content (AvgIpc) is 2.31. The molecule has 0 aliphatic carbocycles. The quantitative estimate of drug-likeness (QED) is 0.321. The Morgan fingerprint density at radius 2 is 2.31 bits per heavy atom. The molecule has 0 aliphatic heterocycles. The lowest BCUT2D eigenvalue weighted by Crippen LogP contribution is -1.87. The van der Waals surface area contributed by atoms with Crippen molar-refractivity contribution in [1.29, 1.82) is 0 Å². The summed E-state index contributed by atoms with van der Waals surface area (Å²) < 4.78 is 5.23. The lowest BCUT2D eigenvalue weighted by Gasteiger charge is -2.04. The Kier molecular flexibility index (Phi) is 4.96. The fourth-order valence-corrected chi connectivity index (χ4v) is 1.34. The van der Waals surface area contributed by atoms with Crippen molar-refractivity contribution in [1.82, 2.24) is 0 Å². The molecule has 0 fully saturated rings. The molecule has 1 rings (SSSR count). The van der Waals surface area contributed by atoms with Gasteiger partial charge in [0.05, 0.1) is 7.11 Å². The molecule has 0 saturated carbocycles. The molecule has 0 aromatic heterocycles. The topological polar surface area (TPSA) is 58.0 Å². The molecular formula is C12H15N3O. The van der Waals surface area contributed by atoms with Gasteiger partial charge in [-0.2, -0.15) is 0 Å². The molecule has 0 atom stereocenters. The lowest BCUT2D eigenvalue weighted by atomic mass is 10.1. The summed E-state index contributed by atoms with van der Waals surface area (Å²) in [5.74, 6) is 0.886. The number of ether oxygens (including phenoxy) is 1. The zero-order chi connectivity index (χ0) is 11.8. The van der Waals surface area contributed by atoms with Gasteiger partial charge in [0.1, 0.15) is 5.75 Å². The zero-order valence-corrected chi connectivity index (χ0v) is 9.55. The molecule has 16 heavy (non-hydrogen) atoms. The Hall–Kier alpha value is -1.93. The highest BCUT2D eigenvalue weighted by molar-refractivity contribution is 5.53. The van der Waals surface area contributed by atoms with Crippen LogP contribution in [0.3, 0.4) is 0 Å². The van der Waals surface area contributed by atoms with E-state index < -0.39 is 0 Å². The first-order chi connectivity index (χ1) is 7.77. The second-order valence-corrected chi connectivity index (χ2v) is 3.37. The first kappa shape index (κ1) is 12.1. The molecule has 0 saturated heterocycles. The SMILES string of the molecule is COc1cc(C=CCCN=[N+]=[N-])ccc1C. The molecule has 0 aliphatic rings. The van der Waals surface area contributed by atoms with Gasteiger partial charge in [0, 0.05) is 11.5 Å². The highest BCUT2D eigenvalue weighted by Crippen LogP contribution is 2.19. The molecule has 0 heterocycles. The van der Waals surface area contributed by atoms with E-state index in [1.807, 2.05) is 37.3 Å². The summed E-state index contributed by atoms with van der Waals surface area (Å²) in [6, 6.07) is 6.03. The number of benzene rings is 1. The van der Waals surface area contributed by atoms with E-state index in [2.05, 4.69) is 10.0 Å². The van der Waals surface area contributed by atoms with E-state index >= 15 is 0 Å². The van der Waals surface area contributed by atoms with Crippen molar-refractivity contribution in [3.05, 3.63) is 45.8 Å². The van der Waals surface area contributed by atoms with Crippen LogP contribution >= 0.6 is 0 Å². The number of methoxy groups -OCH3 is 1. The van der Waals surface area contributed by atoms with E-state index in [1.165, 1.54) is 0 Å². The van der Waals surface area contributed by atoms with Crippen LogP contribution in [-0.2, 0) is 0 Å². The number of rotatable bonds is 5. The predicted molar refractivity (Wildman–Crippen MR) is 65.4 cm³/mol.